The fraction of sp³-hybridized carbons (Fsp3) is 0.135. The summed E-state index contributed by atoms with van der Waals surface area (Å²) in [6.07, 6.45) is 30.8. The van der Waals surface area contributed by atoms with Crippen LogP contribution in [0.25, 0.3) is 95.9 Å². The molecule has 4 heteroatoms. The lowest BCUT2D eigenvalue weighted by atomic mass is 9.67. The molecule has 0 fully saturated rings. The molecule has 0 amide bonds. The van der Waals surface area contributed by atoms with E-state index in [9.17, 15) is 0 Å². The Morgan fingerprint density at radius 1 is 0.641 bits per heavy atom. The maximum atomic E-state index is 7.24. The van der Waals surface area contributed by atoms with Crippen molar-refractivity contribution in [1.82, 2.24) is 9.13 Å². The third-order valence-electron chi connectivity index (χ3n) is 17.8. The molecule has 4 heterocycles. The van der Waals surface area contributed by atoms with Gasteiger partial charge in [-0.25, -0.2) is 0 Å². The molecule has 374 valence electrons. The molecular formula is C74H56N2O2. The topological polar surface area (TPSA) is 28.3 Å². The molecule has 0 saturated carbocycles. The number of para-hydroxylation sites is 3. The number of rotatable bonds is 5. The van der Waals surface area contributed by atoms with Crippen LogP contribution in [0.2, 0.25) is 0 Å². The van der Waals surface area contributed by atoms with E-state index in [1.807, 2.05) is 0 Å². The van der Waals surface area contributed by atoms with E-state index in [-0.39, 0.29) is 24.0 Å². The average molecular weight is 1010 g/mol. The van der Waals surface area contributed by atoms with Gasteiger partial charge in [0.05, 0.1) is 28.3 Å². The van der Waals surface area contributed by atoms with Gasteiger partial charge in [0.2, 0.25) is 0 Å². The van der Waals surface area contributed by atoms with Gasteiger partial charge in [0.25, 0.3) is 0 Å². The predicted molar refractivity (Wildman–Crippen MR) is 326 cm³/mol. The van der Waals surface area contributed by atoms with Crippen molar-refractivity contribution in [3.05, 3.63) is 268 Å². The van der Waals surface area contributed by atoms with Crippen LogP contribution in [0.5, 0.6) is 11.5 Å². The summed E-state index contributed by atoms with van der Waals surface area (Å²) in [4.78, 5) is 0. The van der Waals surface area contributed by atoms with Gasteiger partial charge in [-0.05, 0) is 118 Å². The molecule has 2 aromatic heterocycles. The molecule has 16 rings (SSSR count). The van der Waals surface area contributed by atoms with Crippen molar-refractivity contribution in [3.63, 3.8) is 0 Å². The van der Waals surface area contributed by atoms with E-state index in [0.29, 0.717) is 6.42 Å². The molecule has 0 N–H and O–H groups in total. The predicted octanol–water partition coefficient (Wildman–Crippen LogP) is 16.4. The van der Waals surface area contributed by atoms with Gasteiger partial charge in [0.1, 0.15) is 23.2 Å². The Balaban J connectivity index is 1.08. The van der Waals surface area contributed by atoms with E-state index in [0.717, 1.165) is 63.0 Å². The third kappa shape index (κ3) is 6.41. The smallest absolute Gasteiger partial charge is 0.128 e. The fourth-order valence-corrected chi connectivity index (χ4v) is 14.7. The number of allylic oxidation sites excluding steroid dienone is 10. The fourth-order valence-electron chi connectivity index (χ4n) is 14.7. The maximum absolute atomic E-state index is 7.24. The standard InChI is InChI=1S/C74H56N2O2/c1-5-47-48(6-2)70(75-63-31-17-14-26-51(63)57-39-35-44-21-7-10-24-49(44)71(57)75)61-42-67-59(53-28-16-20-34-66(53)77-67)41-60(61)68(47)69-54-29-12-13-30-56(54)73(62-43-74(3,4)78-65-33-19-9-23-46(65)37-38-55(62)69)76-64-32-18-15-27-52(64)58-40-36-45-22-8-11-25-50(45)72(58)76/h5-17,19-31,33-36,38-43,56,59,67,73H,1-2,18,32,37H2,3-4H3/b55-38+,62-43+. The molecule has 4 aliphatic carbocycles. The van der Waals surface area contributed by atoms with Gasteiger partial charge in [0, 0.05) is 66.4 Å². The molecule has 0 bridgehead atoms. The van der Waals surface area contributed by atoms with Crippen molar-refractivity contribution in [2.75, 3.05) is 0 Å². The molecule has 0 spiro atoms. The van der Waals surface area contributed by atoms with Gasteiger partial charge < -0.3 is 18.6 Å². The minimum Gasteiger partial charge on any atom is -0.485 e. The second-order valence-electron chi connectivity index (χ2n) is 22.4. The summed E-state index contributed by atoms with van der Waals surface area (Å²) in [7, 11) is 0. The first-order valence-electron chi connectivity index (χ1n) is 27.7. The van der Waals surface area contributed by atoms with Crippen LogP contribution in [0, 0.1) is 5.92 Å². The van der Waals surface area contributed by atoms with Gasteiger partial charge >= 0.3 is 0 Å². The van der Waals surface area contributed by atoms with Gasteiger partial charge in [-0.2, -0.15) is 0 Å². The quantitative estimate of drug-likeness (QED) is 0.172. The summed E-state index contributed by atoms with van der Waals surface area (Å²) in [5, 5.41) is 10.9. The summed E-state index contributed by atoms with van der Waals surface area (Å²) in [6, 6.07) is 53.0. The van der Waals surface area contributed by atoms with E-state index in [1.165, 1.54) is 93.1 Å². The number of hydrogen-bond acceptors (Lipinski definition) is 2. The van der Waals surface area contributed by atoms with Gasteiger partial charge in [0.15, 0.2) is 0 Å². The summed E-state index contributed by atoms with van der Waals surface area (Å²) in [5.41, 5.74) is 17.3. The van der Waals surface area contributed by atoms with E-state index in [1.54, 1.807) is 0 Å². The van der Waals surface area contributed by atoms with Crippen LogP contribution < -0.4 is 19.9 Å². The molecule has 78 heavy (non-hydrogen) atoms. The van der Waals surface area contributed by atoms with Gasteiger partial charge in [-0.1, -0.05) is 201 Å². The highest BCUT2D eigenvalue weighted by Gasteiger charge is 2.44. The highest BCUT2D eigenvalue weighted by Crippen LogP contribution is 2.55. The van der Waals surface area contributed by atoms with Crippen molar-refractivity contribution in [1.29, 1.82) is 0 Å². The van der Waals surface area contributed by atoms with E-state index < -0.39 is 5.60 Å². The summed E-state index contributed by atoms with van der Waals surface area (Å²) in [6.45, 7) is 14.0. The number of hydrogen-bond donors (Lipinski definition) is 0. The van der Waals surface area contributed by atoms with Crippen LogP contribution in [0.4, 0.5) is 0 Å². The van der Waals surface area contributed by atoms with Crippen LogP contribution in [0.3, 0.4) is 0 Å². The normalized spacial score (nSPS) is 21.7. The Hall–Kier alpha value is -9.12. The second-order valence-corrected chi connectivity index (χ2v) is 22.4. The number of benzene rings is 8. The zero-order chi connectivity index (χ0) is 52.0. The van der Waals surface area contributed by atoms with Crippen LogP contribution in [-0.2, 0) is 12.8 Å². The molecule has 4 atom stereocenters. The maximum Gasteiger partial charge on any atom is 0.128 e. The lowest BCUT2D eigenvalue weighted by molar-refractivity contribution is 0.159. The summed E-state index contributed by atoms with van der Waals surface area (Å²) >= 11 is 0. The lowest BCUT2D eigenvalue weighted by Gasteiger charge is -2.42. The van der Waals surface area contributed by atoms with Crippen molar-refractivity contribution < 1.29 is 9.47 Å². The first-order chi connectivity index (χ1) is 38.4. The molecule has 6 aliphatic rings. The highest BCUT2D eigenvalue weighted by atomic mass is 16.5. The third-order valence-corrected chi connectivity index (χ3v) is 17.8. The van der Waals surface area contributed by atoms with Gasteiger partial charge in [-0.15, -0.1) is 0 Å². The minimum atomic E-state index is -0.705. The lowest BCUT2D eigenvalue weighted by Crippen LogP contribution is -2.42. The van der Waals surface area contributed by atoms with Crippen molar-refractivity contribution >= 4 is 90.2 Å². The molecule has 0 saturated heterocycles. The number of aromatic nitrogens is 2. The summed E-state index contributed by atoms with van der Waals surface area (Å²) < 4.78 is 19.6. The van der Waals surface area contributed by atoms with Crippen LogP contribution >= 0.6 is 0 Å². The minimum absolute atomic E-state index is 0.0195. The monoisotopic (exact) mass is 1000 g/mol. The molecule has 2 aliphatic heterocycles. The Bertz CT molecular complexity index is 4690. The number of fused-ring (bicyclic) bond motifs is 17. The zero-order valence-electron chi connectivity index (χ0n) is 43.8. The Morgan fingerprint density at radius 2 is 1.36 bits per heavy atom. The Kier molecular flexibility index (Phi) is 9.80. The Morgan fingerprint density at radius 3 is 2.18 bits per heavy atom. The molecule has 0 radical (unpaired) electrons. The van der Waals surface area contributed by atoms with Crippen molar-refractivity contribution in [3.8, 4) is 17.2 Å². The number of ether oxygens (including phenoxy) is 2. The molecule has 4 nitrogen and oxygen atoms in total. The molecule has 8 aromatic carbocycles. The highest BCUT2D eigenvalue weighted by molar-refractivity contribution is 6.19. The zero-order valence-corrected chi connectivity index (χ0v) is 43.8. The molecular weight excluding hydrogens is 949 g/mol. The summed E-state index contributed by atoms with van der Waals surface area (Å²) in [5.74, 6) is 1.77. The van der Waals surface area contributed by atoms with Crippen LogP contribution in [-0.4, -0.2) is 20.8 Å². The van der Waals surface area contributed by atoms with Crippen LogP contribution in [0.1, 0.15) is 71.3 Å². The second kappa shape index (κ2) is 16.9. The first kappa shape index (κ1) is 45.1. The SMILES string of the molecule is C=Cc1c(C=C)c(-n2c3ccccc3c3ccc4ccccc4c32)c2c(c1C1=C3C=CC=CC3C(n3c4c(c5ccc6ccccc6c53)C=CCC4)/C3=C/C(C)(C)Oc4ccccc4C/C=C/13)=CC1c3ccccc3OC1C=2. The largest absolute Gasteiger partial charge is 0.485 e. The van der Waals surface area contributed by atoms with Gasteiger partial charge in [-0.3, -0.25) is 0 Å². The molecule has 10 aromatic rings. The van der Waals surface area contributed by atoms with E-state index in [4.69, 9.17) is 22.6 Å². The van der Waals surface area contributed by atoms with E-state index in [2.05, 4.69) is 241 Å². The van der Waals surface area contributed by atoms with Crippen LogP contribution in [0.15, 0.2) is 218 Å². The average Bonchev–Trinajstić information content (AvgIpc) is 3.40. The number of nitrogens with zero attached hydrogens (tertiary/aromatic N) is 2. The van der Waals surface area contributed by atoms with Crippen molar-refractivity contribution in [2.45, 2.75) is 56.8 Å². The Labute approximate surface area is 453 Å². The van der Waals surface area contributed by atoms with Crippen molar-refractivity contribution in [2.24, 2.45) is 5.92 Å². The first-order valence-corrected chi connectivity index (χ1v) is 27.7. The van der Waals surface area contributed by atoms with E-state index >= 15 is 0 Å². The molecule has 4 unspecified atom stereocenters.